The van der Waals surface area contributed by atoms with Gasteiger partial charge in [0.05, 0.1) is 6.42 Å². The monoisotopic (exact) mass is 479 g/mol. The van der Waals surface area contributed by atoms with E-state index in [9.17, 15) is 24.3 Å². The number of carbonyl (C=O) groups excluding carboxylic acids is 3. The Morgan fingerprint density at radius 1 is 1.06 bits per heavy atom. The van der Waals surface area contributed by atoms with Crippen molar-refractivity contribution in [1.29, 1.82) is 0 Å². The summed E-state index contributed by atoms with van der Waals surface area (Å²) in [7, 11) is 0. The second-order valence-corrected chi connectivity index (χ2v) is 9.10. The highest BCUT2D eigenvalue weighted by molar-refractivity contribution is 5.94. The molecular weight excluding hydrogens is 450 g/mol. The molecule has 1 aliphatic carbocycles. The zero-order valence-electron chi connectivity index (χ0n) is 19.7. The maximum absolute atomic E-state index is 12.8. The number of nitrogens with zero attached hydrogens (tertiary/aromatic N) is 1. The Morgan fingerprint density at radius 2 is 1.66 bits per heavy atom. The lowest BCUT2D eigenvalue weighted by Crippen LogP contribution is -2.52. The van der Waals surface area contributed by atoms with Gasteiger partial charge in [-0.1, -0.05) is 48.5 Å². The van der Waals surface area contributed by atoms with E-state index in [1.165, 1.54) is 0 Å². The zero-order valence-corrected chi connectivity index (χ0v) is 19.7. The summed E-state index contributed by atoms with van der Waals surface area (Å²) in [4.78, 5) is 50.8. The van der Waals surface area contributed by atoms with Crippen LogP contribution >= 0.6 is 0 Å². The number of rotatable bonds is 8. The van der Waals surface area contributed by atoms with Crippen LogP contribution in [0, 0.1) is 0 Å². The molecule has 2 aliphatic rings. The second-order valence-electron chi connectivity index (χ2n) is 9.10. The number of nitrogens with one attached hydrogen (secondary N) is 2. The summed E-state index contributed by atoms with van der Waals surface area (Å²) >= 11 is 0. The van der Waals surface area contributed by atoms with Crippen LogP contribution in [-0.2, 0) is 19.1 Å². The fourth-order valence-electron chi connectivity index (χ4n) is 4.79. The van der Waals surface area contributed by atoms with E-state index in [1.54, 1.807) is 4.90 Å². The van der Waals surface area contributed by atoms with Gasteiger partial charge in [0.15, 0.2) is 0 Å². The number of benzene rings is 2. The van der Waals surface area contributed by atoms with Gasteiger partial charge in [-0.25, -0.2) is 4.79 Å². The Kier molecular flexibility index (Phi) is 7.04. The lowest BCUT2D eigenvalue weighted by Gasteiger charge is -2.22. The molecule has 9 heteroatoms. The van der Waals surface area contributed by atoms with Gasteiger partial charge >= 0.3 is 12.1 Å². The minimum absolute atomic E-state index is 0.00169. The molecule has 3 N–H and O–H groups in total. The van der Waals surface area contributed by atoms with Crippen molar-refractivity contribution < 1.29 is 29.0 Å². The number of alkyl carbamates (subject to hydrolysis) is 1. The molecule has 3 amide bonds. The van der Waals surface area contributed by atoms with Crippen LogP contribution in [0.4, 0.5) is 4.79 Å². The van der Waals surface area contributed by atoms with Crippen LogP contribution in [0.15, 0.2) is 48.5 Å². The fourth-order valence-corrected chi connectivity index (χ4v) is 4.79. The summed E-state index contributed by atoms with van der Waals surface area (Å²) in [5.74, 6) is -2.38. The van der Waals surface area contributed by atoms with Crippen molar-refractivity contribution in [3.63, 3.8) is 0 Å². The molecule has 1 saturated heterocycles. The van der Waals surface area contributed by atoms with E-state index in [2.05, 4.69) is 10.6 Å². The van der Waals surface area contributed by atoms with Crippen molar-refractivity contribution in [2.75, 3.05) is 13.2 Å². The van der Waals surface area contributed by atoms with Gasteiger partial charge in [-0.3, -0.25) is 14.4 Å². The van der Waals surface area contributed by atoms with Gasteiger partial charge in [0, 0.05) is 18.5 Å². The maximum atomic E-state index is 12.8. The Bertz CT molecular complexity index is 1100. The van der Waals surface area contributed by atoms with Crippen LogP contribution in [0.5, 0.6) is 0 Å². The Labute approximate surface area is 203 Å². The number of likely N-dealkylation sites (tertiary alicyclic amines) is 1. The van der Waals surface area contributed by atoms with Gasteiger partial charge in [0.2, 0.25) is 11.8 Å². The van der Waals surface area contributed by atoms with Gasteiger partial charge < -0.3 is 25.4 Å². The van der Waals surface area contributed by atoms with Crippen LogP contribution in [0.3, 0.4) is 0 Å². The number of carboxylic acids is 1. The van der Waals surface area contributed by atoms with Crippen molar-refractivity contribution >= 4 is 23.9 Å². The van der Waals surface area contributed by atoms with Gasteiger partial charge in [-0.15, -0.1) is 0 Å². The molecule has 1 heterocycles. The first-order chi connectivity index (χ1) is 16.8. The van der Waals surface area contributed by atoms with Crippen molar-refractivity contribution in [2.24, 2.45) is 0 Å². The topological polar surface area (TPSA) is 125 Å². The standard InChI is InChI=1S/C26H29N3O6/c1-15(2)29-12-11-21(25(29)33)27-24(32)22(13-23(30)31)28-26(34)35-14-20-18-9-5-3-7-16(18)17-8-4-6-10-19(17)20/h3-10,15,20-22H,11-14H2,1-2H3,(H,27,32)(H,28,34)(H,30,31). The van der Waals surface area contributed by atoms with Gasteiger partial charge in [0.25, 0.3) is 0 Å². The summed E-state index contributed by atoms with van der Waals surface area (Å²) in [6.45, 7) is 4.30. The van der Waals surface area contributed by atoms with Crippen LogP contribution in [0.2, 0.25) is 0 Å². The minimum Gasteiger partial charge on any atom is -0.481 e. The lowest BCUT2D eigenvalue weighted by molar-refractivity contribution is -0.140. The van der Waals surface area contributed by atoms with E-state index in [0.717, 1.165) is 22.3 Å². The summed E-state index contributed by atoms with van der Waals surface area (Å²) in [5, 5.41) is 14.2. The van der Waals surface area contributed by atoms with Crippen molar-refractivity contribution in [3.8, 4) is 11.1 Å². The molecule has 1 aliphatic heterocycles. The molecule has 2 atom stereocenters. The van der Waals surface area contributed by atoms with Crippen molar-refractivity contribution in [3.05, 3.63) is 59.7 Å². The van der Waals surface area contributed by atoms with Crippen molar-refractivity contribution in [1.82, 2.24) is 15.5 Å². The molecular formula is C26H29N3O6. The lowest BCUT2D eigenvalue weighted by atomic mass is 9.98. The molecule has 0 bridgehead atoms. The first kappa shape index (κ1) is 24.3. The third-order valence-corrected chi connectivity index (χ3v) is 6.51. The molecule has 2 unspecified atom stereocenters. The predicted octanol–water partition coefficient (Wildman–Crippen LogP) is 2.49. The SMILES string of the molecule is CC(C)N1CCC(NC(=O)C(CC(=O)O)NC(=O)OCC2c3ccccc3-c3ccccc32)C1=O. The third kappa shape index (κ3) is 5.13. The molecule has 0 saturated carbocycles. The number of ether oxygens (including phenoxy) is 1. The predicted molar refractivity (Wildman–Crippen MR) is 128 cm³/mol. The average molecular weight is 480 g/mol. The number of aliphatic carboxylic acids is 1. The number of amides is 3. The molecule has 0 aromatic heterocycles. The van der Waals surface area contributed by atoms with Gasteiger partial charge in [0.1, 0.15) is 18.7 Å². The number of fused-ring (bicyclic) bond motifs is 3. The van der Waals surface area contributed by atoms with Crippen molar-refractivity contribution in [2.45, 2.75) is 50.7 Å². The van der Waals surface area contributed by atoms with Crippen LogP contribution in [0.25, 0.3) is 11.1 Å². The second kappa shape index (κ2) is 10.2. The molecule has 4 rings (SSSR count). The highest BCUT2D eigenvalue weighted by Crippen LogP contribution is 2.44. The van der Waals surface area contributed by atoms with Crippen LogP contribution in [0.1, 0.15) is 43.7 Å². The Morgan fingerprint density at radius 3 is 2.20 bits per heavy atom. The molecule has 0 spiro atoms. The Balaban J connectivity index is 1.39. The molecule has 0 radical (unpaired) electrons. The summed E-state index contributed by atoms with van der Waals surface area (Å²) in [6, 6.07) is 13.7. The molecule has 184 valence electrons. The van der Waals surface area contributed by atoms with Gasteiger partial charge in [-0.05, 0) is 42.5 Å². The molecule has 1 fully saturated rings. The number of hydrogen-bond acceptors (Lipinski definition) is 5. The molecule has 35 heavy (non-hydrogen) atoms. The van der Waals surface area contributed by atoms with E-state index in [4.69, 9.17) is 4.74 Å². The number of carbonyl (C=O) groups is 4. The summed E-state index contributed by atoms with van der Waals surface area (Å²) in [6.07, 6.45) is -1.10. The first-order valence-corrected chi connectivity index (χ1v) is 11.7. The maximum Gasteiger partial charge on any atom is 0.407 e. The average Bonchev–Trinajstić information content (AvgIpc) is 3.34. The number of carboxylic acid groups (broad SMARTS) is 1. The normalized spacial score (nSPS) is 17.6. The number of hydrogen-bond donors (Lipinski definition) is 3. The molecule has 9 nitrogen and oxygen atoms in total. The fraction of sp³-hybridized carbons (Fsp3) is 0.385. The highest BCUT2D eigenvalue weighted by Gasteiger charge is 2.36. The Hall–Kier alpha value is -3.88. The smallest absolute Gasteiger partial charge is 0.407 e. The molecule has 2 aromatic carbocycles. The van der Waals surface area contributed by atoms with E-state index in [-0.39, 0.29) is 24.5 Å². The molecule has 2 aromatic rings. The zero-order chi connectivity index (χ0) is 25.1. The quantitative estimate of drug-likeness (QED) is 0.534. The first-order valence-electron chi connectivity index (χ1n) is 11.7. The largest absolute Gasteiger partial charge is 0.481 e. The highest BCUT2D eigenvalue weighted by atomic mass is 16.5. The third-order valence-electron chi connectivity index (χ3n) is 6.51. The van der Waals surface area contributed by atoms with Crippen LogP contribution in [-0.4, -0.2) is 65.2 Å². The van der Waals surface area contributed by atoms with E-state index in [0.29, 0.717) is 13.0 Å². The van der Waals surface area contributed by atoms with E-state index < -0.39 is 36.5 Å². The summed E-state index contributed by atoms with van der Waals surface area (Å²) < 4.78 is 5.44. The minimum atomic E-state index is -1.37. The van der Waals surface area contributed by atoms with E-state index >= 15 is 0 Å². The van der Waals surface area contributed by atoms with Crippen LogP contribution < -0.4 is 10.6 Å². The van der Waals surface area contributed by atoms with E-state index in [1.807, 2.05) is 62.4 Å². The summed E-state index contributed by atoms with van der Waals surface area (Å²) in [5.41, 5.74) is 4.24. The van der Waals surface area contributed by atoms with Gasteiger partial charge in [-0.2, -0.15) is 0 Å².